The molecule has 1 saturated carbocycles. The lowest BCUT2D eigenvalue weighted by atomic mass is 10.2. The minimum absolute atomic E-state index is 0.154. The van der Waals surface area contributed by atoms with Gasteiger partial charge in [-0.25, -0.2) is 0 Å². The lowest BCUT2D eigenvalue weighted by molar-refractivity contribution is -0.144. The van der Waals surface area contributed by atoms with E-state index in [2.05, 4.69) is 5.32 Å². The zero-order chi connectivity index (χ0) is 12.8. The largest absolute Gasteiger partial charge is 0.497 e. The first-order chi connectivity index (χ1) is 8.78. The smallest absolute Gasteiger partial charge is 0.307 e. The van der Waals surface area contributed by atoms with Gasteiger partial charge in [0.2, 0.25) is 0 Å². The van der Waals surface area contributed by atoms with Crippen molar-refractivity contribution in [2.45, 2.75) is 31.9 Å². The lowest BCUT2D eigenvalue weighted by Gasteiger charge is -2.06. The number of ether oxygens (including phenoxy) is 2. The van der Waals surface area contributed by atoms with Crippen molar-refractivity contribution >= 4 is 5.97 Å². The van der Waals surface area contributed by atoms with Gasteiger partial charge >= 0.3 is 5.97 Å². The summed E-state index contributed by atoms with van der Waals surface area (Å²) in [5.41, 5.74) is 0.972. The molecule has 0 aliphatic heterocycles. The minimum Gasteiger partial charge on any atom is -0.497 e. The van der Waals surface area contributed by atoms with Crippen LogP contribution in [-0.2, 0) is 16.1 Å². The molecule has 0 radical (unpaired) electrons. The summed E-state index contributed by atoms with van der Waals surface area (Å²) in [6.45, 7) is 1.04. The molecule has 4 nitrogen and oxygen atoms in total. The summed E-state index contributed by atoms with van der Waals surface area (Å²) < 4.78 is 10.2. The van der Waals surface area contributed by atoms with Crippen LogP contribution in [0.4, 0.5) is 0 Å². The molecule has 0 bridgehead atoms. The van der Waals surface area contributed by atoms with E-state index in [1.165, 1.54) is 12.8 Å². The molecule has 4 heteroatoms. The van der Waals surface area contributed by atoms with Crippen molar-refractivity contribution in [1.29, 1.82) is 0 Å². The number of carbonyl (C=O) groups excluding carboxylic acids is 1. The van der Waals surface area contributed by atoms with Gasteiger partial charge in [-0.3, -0.25) is 4.79 Å². The third-order valence-corrected chi connectivity index (χ3v) is 2.90. The molecule has 0 unspecified atom stereocenters. The first kappa shape index (κ1) is 12.9. The molecule has 1 fully saturated rings. The highest BCUT2D eigenvalue weighted by molar-refractivity contribution is 5.69. The zero-order valence-corrected chi connectivity index (χ0v) is 10.6. The monoisotopic (exact) mass is 249 g/mol. The summed E-state index contributed by atoms with van der Waals surface area (Å²) in [6, 6.07) is 8.15. The van der Waals surface area contributed by atoms with E-state index in [-0.39, 0.29) is 5.97 Å². The van der Waals surface area contributed by atoms with E-state index in [1.807, 2.05) is 24.3 Å². The van der Waals surface area contributed by atoms with Gasteiger partial charge in [-0.2, -0.15) is 0 Å². The Bertz CT molecular complexity index is 385. The second-order valence-corrected chi connectivity index (χ2v) is 4.49. The van der Waals surface area contributed by atoms with Gasteiger partial charge in [-0.15, -0.1) is 0 Å². The van der Waals surface area contributed by atoms with Gasteiger partial charge in [-0.1, -0.05) is 12.1 Å². The molecule has 0 heterocycles. The maximum atomic E-state index is 11.5. The van der Waals surface area contributed by atoms with E-state index < -0.39 is 0 Å². The van der Waals surface area contributed by atoms with Gasteiger partial charge in [0.15, 0.2) is 0 Å². The van der Waals surface area contributed by atoms with Gasteiger partial charge in [0.1, 0.15) is 12.4 Å². The van der Waals surface area contributed by atoms with Crippen LogP contribution in [0.25, 0.3) is 0 Å². The van der Waals surface area contributed by atoms with E-state index in [0.29, 0.717) is 25.6 Å². The molecule has 18 heavy (non-hydrogen) atoms. The van der Waals surface area contributed by atoms with E-state index in [4.69, 9.17) is 9.47 Å². The number of hydrogen-bond donors (Lipinski definition) is 1. The van der Waals surface area contributed by atoms with Crippen LogP contribution in [0.2, 0.25) is 0 Å². The van der Waals surface area contributed by atoms with Gasteiger partial charge in [0.05, 0.1) is 13.5 Å². The van der Waals surface area contributed by atoms with Crippen LogP contribution in [0.3, 0.4) is 0 Å². The van der Waals surface area contributed by atoms with Crippen LogP contribution in [-0.4, -0.2) is 25.7 Å². The summed E-state index contributed by atoms with van der Waals surface area (Å²) in [6.07, 6.45) is 2.91. The molecule has 1 aromatic rings. The Labute approximate surface area is 107 Å². The molecule has 0 spiro atoms. The Morgan fingerprint density at radius 1 is 1.33 bits per heavy atom. The second kappa shape index (κ2) is 6.40. The average molecular weight is 249 g/mol. The predicted molar refractivity (Wildman–Crippen MR) is 68.4 cm³/mol. The fourth-order valence-corrected chi connectivity index (χ4v) is 1.62. The van der Waals surface area contributed by atoms with Crippen LogP contribution in [0.5, 0.6) is 5.75 Å². The molecule has 98 valence electrons. The van der Waals surface area contributed by atoms with Crippen molar-refractivity contribution in [3.8, 4) is 5.75 Å². The van der Waals surface area contributed by atoms with Crippen molar-refractivity contribution in [3.05, 3.63) is 29.8 Å². The Hall–Kier alpha value is -1.55. The van der Waals surface area contributed by atoms with Crippen molar-refractivity contribution < 1.29 is 14.3 Å². The molecule has 0 aromatic heterocycles. The molecule has 0 saturated heterocycles. The number of carbonyl (C=O) groups is 1. The summed E-state index contributed by atoms with van der Waals surface area (Å²) in [5, 5.41) is 3.28. The highest BCUT2D eigenvalue weighted by atomic mass is 16.5. The number of methoxy groups -OCH3 is 1. The first-order valence-corrected chi connectivity index (χ1v) is 6.30. The molecular weight excluding hydrogens is 230 g/mol. The van der Waals surface area contributed by atoms with Gasteiger partial charge < -0.3 is 14.8 Å². The quantitative estimate of drug-likeness (QED) is 0.750. The maximum Gasteiger partial charge on any atom is 0.307 e. The third-order valence-electron chi connectivity index (χ3n) is 2.90. The van der Waals surface area contributed by atoms with Crippen LogP contribution in [0, 0.1) is 0 Å². The third kappa shape index (κ3) is 4.37. The van der Waals surface area contributed by atoms with Crippen molar-refractivity contribution in [2.24, 2.45) is 0 Å². The summed E-state index contributed by atoms with van der Waals surface area (Å²) >= 11 is 0. The van der Waals surface area contributed by atoms with E-state index in [0.717, 1.165) is 11.3 Å². The molecule has 0 amide bonds. The van der Waals surface area contributed by atoms with Gasteiger partial charge in [0, 0.05) is 12.6 Å². The number of nitrogens with one attached hydrogen (secondary N) is 1. The predicted octanol–water partition coefficient (Wildman–Crippen LogP) is 1.88. The fourth-order valence-electron chi connectivity index (χ4n) is 1.62. The van der Waals surface area contributed by atoms with Crippen LogP contribution in [0.1, 0.15) is 24.8 Å². The second-order valence-electron chi connectivity index (χ2n) is 4.49. The van der Waals surface area contributed by atoms with Crippen molar-refractivity contribution in [3.63, 3.8) is 0 Å². The lowest BCUT2D eigenvalue weighted by Crippen LogP contribution is -2.21. The Morgan fingerprint density at radius 2 is 2.06 bits per heavy atom. The summed E-state index contributed by atoms with van der Waals surface area (Å²) in [7, 11) is 1.63. The van der Waals surface area contributed by atoms with Crippen molar-refractivity contribution in [1.82, 2.24) is 5.32 Å². The summed E-state index contributed by atoms with van der Waals surface area (Å²) in [4.78, 5) is 11.5. The zero-order valence-electron chi connectivity index (χ0n) is 10.6. The molecule has 1 aliphatic carbocycles. The van der Waals surface area contributed by atoms with Crippen LogP contribution in [0.15, 0.2) is 24.3 Å². The molecular formula is C14H19NO3. The van der Waals surface area contributed by atoms with Crippen molar-refractivity contribution in [2.75, 3.05) is 13.7 Å². The maximum absolute atomic E-state index is 11.5. The number of benzene rings is 1. The van der Waals surface area contributed by atoms with E-state index >= 15 is 0 Å². The average Bonchev–Trinajstić information content (AvgIpc) is 3.21. The molecule has 1 aliphatic rings. The Morgan fingerprint density at radius 3 is 2.67 bits per heavy atom. The van der Waals surface area contributed by atoms with E-state index in [9.17, 15) is 4.79 Å². The molecule has 1 aromatic carbocycles. The van der Waals surface area contributed by atoms with Crippen LogP contribution < -0.4 is 10.1 Å². The van der Waals surface area contributed by atoms with E-state index in [1.54, 1.807) is 7.11 Å². The SMILES string of the molecule is COc1ccc(COC(=O)CCNC2CC2)cc1. The van der Waals surface area contributed by atoms with Gasteiger partial charge in [-0.05, 0) is 30.5 Å². The first-order valence-electron chi connectivity index (χ1n) is 6.30. The minimum atomic E-state index is -0.154. The standard InChI is InChI=1S/C14H19NO3/c1-17-13-6-2-11(3-7-13)10-18-14(16)8-9-15-12-4-5-12/h2-3,6-7,12,15H,4-5,8-10H2,1H3. The Kier molecular flexibility index (Phi) is 4.59. The highest BCUT2D eigenvalue weighted by Crippen LogP contribution is 2.18. The summed E-state index contributed by atoms with van der Waals surface area (Å²) in [5.74, 6) is 0.651. The topological polar surface area (TPSA) is 47.6 Å². The number of rotatable bonds is 7. The van der Waals surface area contributed by atoms with Crippen LogP contribution >= 0.6 is 0 Å². The van der Waals surface area contributed by atoms with Gasteiger partial charge in [0.25, 0.3) is 0 Å². The highest BCUT2D eigenvalue weighted by Gasteiger charge is 2.20. The fraction of sp³-hybridized carbons (Fsp3) is 0.500. The Balaban J connectivity index is 1.64. The molecule has 2 rings (SSSR count). The molecule has 0 atom stereocenters. The molecule has 1 N–H and O–H groups in total. The number of hydrogen-bond acceptors (Lipinski definition) is 4. The normalized spacial score (nSPS) is 14.3. The number of esters is 1.